The standard InChI is InChI=1S/C24H32FN3OS/c1-17-4-2-10-27(17)11-3-13-29-21-7-5-18(6-8-21)24-26-22-9-12-28(16-23(22)30-24)20-14-19(25)15-20/h5-8,17,19-20H,2-4,9-16H2,1H3. The Morgan fingerprint density at radius 2 is 2.03 bits per heavy atom. The highest BCUT2D eigenvalue weighted by atomic mass is 32.1. The summed E-state index contributed by atoms with van der Waals surface area (Å²) in [7, 11) is 0. The minimum atomic E-state index is -0.585. The van der Waals surface area contributed by atoms with E-state index in [4.69, 9.17) is 9.72 Å². The summed E-state index contributed by atoms with van der Waals surface area (Å²) in [5.74, 6) is 0.937. The van der Waals surface area contributed by atoms with E-state index in [-0.39, 0.29) is 0 Å². The normalized spacial score (nSPS) is 27.1. The van der Waals surface area contributed by atoms with Crippen LogP contribution in [0.4, 0.5) is 4.39 Å². The molecular weight excluding hydrogens is 397 g/mol. The molecule has 0 bridgehead atoms. The molecule has 1 atom stereocenters. The van der Waals surface area contributed by atoms with Crippen molar-refractivity contribution in [3.8, 4) is 16.3 Å². The molecule has 1 unspecified atom stereocenters. The summed E-state index contributed by atoms with van der Waals surface area (Å²) in [6, 6.07) is 9.55. The molecule has 4 nitrogen and oxygen atoms in total. The first-order valence-electron chi connectivity index (χ1n) is 11.5. The van der Waals surface area contributed by atoms with Crippen LogP contribution in [0.2, 0.25) is 0 Å². The quantitative estimate of drug-likeness (QED) is 0.584. The van der Waals surface area contributed by atoms with Crippen molar-refractivity contribution in [1.82, 2.24) is 14.8 Å². The van der Waals surface area contributed by atoms with Crippen LogP contribution in [0.5, 0.6) is 5.75 Å². The Hall–Kier alpha value is -1.50. The van der Waals surface area contributed by atoms with E-state index >= 15 is 0 Å². The molecule has 1 saturated carbocycles. The van der Waals surface area contributed by atoms with Crippen LogP contribution in [0.1, 0.15) is 49.6 Å². The van der Waals surface area contributed by atoms with Crippen molar-refractivity contribution in [2.75, 3.05) is 26.2 Å². The molecule has 1 saturated heterocycles. The van der Waals surface area contributed by atoms with Gasteiger partial charge in [-0.1, -0.05) is 0 Å². The number of halogens is 1. The van der Waals surface area contributed by atoms with Gasteiger partial charge < -0.3 is 9.64 Å². The van der Waals surface area contributed by atoms with Gasteiger partial charge >= 0.3 is 0 Å². The molecule has 1 aromatic carbocycles. The summed E-state index contributed by atoms with van der Waals surface area (Å²) in [6.07, 6.45) is 5.55. The third kappa shape index (κ3) is 4.41. The van der Waals surface area contributed by atoms with E-state index in [0.29, 0.717) is 18.9 Å². The lowest BCUT2D eigenvalue weighted by Gasteiger charge is -2.41. The first kappa shape index (κ1) is 20.4. The maximum absolute atomic E-state index is 13.2. The summed E-state index contributed by atoms with van der Waals surface area (Å²) >= 11 is 1.79. The van der Waals surface area contributed by atoms with Gasteiger partial charge in [0.05, 0.1) is 12.3 Å². The van der Waals surface area contributed by atoms with Crippen LogP contribution in [0, 0.1) is 0 Å². The average Bonchev–Trinajstić information content (AvgIpc) is 3.34. The Balaban J connectivity index is 1.13. The van der Waals surface area contributed by atoms with Crippen molar-refractivity contribution in [1.29, 1.82) is 0 Å². The fourth-order valence-electron chi connectivity index (χ4n) is 4.95. The topological polar surface area (TPSA) is 28.6 Å². The molecule has 0 spiro atoms. The maximum atomic E-state index is 13.2. The third-order valence-electron chi connectivity index (χ3n) is 6.98. The molecule has 1 aliphatic carbocycles. The zero-order valence-corrected chi connectivity index (χ0v) is 18.7. The highest BCUT2D eigenvalue weighted by Gasteiger charge is 2.35. The molecule has 162 valence electrons. The van der Waals surface area contributed by atoms with Crippen LogP contribution in [0.3, 0.4) is 0 Å². The molecule has 30 heavy (non-hydrogen) atoms. The Morgan fingerprint density at radius 1 is 1.20 bits per heavy atom. The molecule has 6 heteroatoms. The smallest absolute Gasteiger partial charge is 0.123 e. The van der Waals surface area contributed by atoms with E-state index in [1.807, 2.05) is 0 Å². The van der Waals surface area contributed by atoms with Gasteiger partial charge in [0.15, 0.2) is 0 Å². The summed E-state index contributed by atoms with van der Waals surface area (Å²) in [4.78, 5) is 11.3. The summed E-state index contributed by atoms with van der Waals surface area (Å²) < 4.78 is 19.2. The van der Waals surface area contributed by atoms with Crippen molar-refractivity contribution in [3.63, 3.8) is 0 Å². The average molecular weight is 430 g/mol. The number of hydrogen-bond acceptors (Lipinski definition) is 5. The zero-order valence-electron chi connectivity index (χ0n) is 17.9. The van der Waals surface area contributed by atoms with E-state index in [1.54, 1.807) is 11.3 Å². The van der Waals surface area contributed by atoms with Crippen molar-refractivity contribution in [2.45, 2.75) is 70.2 Å². The fourth-order valence-corrected chi connectivity index (χ4v) is 6.09. The highest BCUT2D eigenvalue weighted by Crippen LogP contribution is 2.36. The largest absolute Gasteiger partial charge is 0.494 e. The molecule has 2 fully saturated rings. The van der Waals surface area contributed by atoms with Gasteiger partial charge in [0.1, 0.15) is 16.9 Å². The molecular formula is C24H32FN3OS. The molecule has 0 N–H and O–H groups in total. The summed E-state index contributed by atoms with van der Waals surface area (Å²) in [5.41, 5.74) is 2.39. The SMILES string of the molecule is CC1CCCN1CCCOc1ccc(-c2nc3c(s2)CN(C2CC(F)C2)CC3)cc1. The van der Waals surface area contributed by atoms with E-state index < -0.39 is 6.17 Å². The Kier molecular flexibility index (Phi) is 6.07. The van der Waals surface area contributed by atoms with Crippen LogP contribution in [-0.4, -0.2) is 59.3 Å². The number of aromatic nitrogens is 1. The van der Waals surface area contributed by atoms with Gasteiger partial charge in [0.2, 0.25) is 0 Å². The number of thiazole rings is 1. The van der Waals surface area contributed by atoms with Gasteiger partial charge in [0, 0.05) is 48.6 Å². The highest BCUT2D eigenvalue weighted by molar-refractivity contribution is 7.15. The van der Waals surface area contributed by atoms with Crippen molar-refractivity contribution in [2.24, 2.45) is 0 Å². The van der Waals surface area contributed by atoms with Crippen LogP contribution in [-0.2, 0) is 13.0 Å². The number of likely N-dealkylation sites (tertiary alicyclic amines) is 1. The number of fused-ring (bicyclic) bond motifs is 1. The first-order valence-corrected chi connectivity index (χ1v) is 12.3. The minimum absolute atomic E-state index is 0.434. The predicted molar refractivity (Wildman–Crippen MR) is 120 cm³/mol. The second-order valence-corrected chi connectivity index (χ2v) is 10.2. The summed E-state index contributed by atoms with van der Waals surface area (Å²) in [5, 5.41) is 1.09. The van der Waals surface area contributed by atoms with Gasteiger partial charge in [-0.15, -0.1) is 11.3 Å². The monoisotopic (exact) mass is 429 g/mol. The number of hydrogen-bond donors (Lipinski definition) is 0. The van der Waals surface area contributed by atoms with Gasteiger partial charge in [-0.2, -0.15) is 0 Å². The molecule has 3 heterocycles. The first-order chi connectivity index (χ1) is 14.7. The van der Waals surface area contributed by atoms with Crippen LogP contribution in [0.15, 0.2) is 24.3 Å². The molecule has 0 radical (unpaired) electrons. The number of benzene rings is 1. The van der Waals surface area contributed by atoms with Crippen molar-refractivity contribution in [3.05, 3.63) is 34.8 Å². The molecule has 2 aromatic rings. The van der Waals surface area contributed by atoms with Crippen LogP contribution >= 0.6 is 11.3 Å². The third-order valence-corrected chi connectivity index (χ3v) is 8.11. The van der Waals surface area contributed by atoms with Gasteiger partial charge in [-0.05, 0) is 69.8 Å². The Bertz CT molecular complexity index is 849. The van der Waals surface area contributed by atoms with Gasteiger partial charge in [0.25, 0.3) is 0 Å². The minimum Gasteiger partial charge on any atom is -0.494 e. The number of nitrogens with zero attached hydrogens (tertiary/aromatic N) is 3. The van der Waals surface area contributed by atoms with E-state index in [0.717, 1.165) is 61.4 Å². The maximum Gasteiger partial charge on any atom is 0.123 e. The van der Waals surface area contributed by atoms with Gasteiger partial charge in [-0.25, -0.2) is 9.37 Å². The Morgan fingerprint density at radius 3 is 2.77 bits per heavy atom. The number of alkyl halides is 1. The molecule has 1 aromatic heterocycles. The van der Waals surface area contributed by atoms with Crippen molar-refractivity contribution >= 4 is 11.3 Å². The molecule has 3 aliphatic rings. The van der Waals surface area contributed by atoms with E-state index in [2.05, 4.69) is 41.0 Å². The second kappa shape index (κ2) is 8.93. The fraction of sp³-hybridized carbons (Fsp3) is 0.625. The molecule has 5 rings (SSSR count). The lowest BCUT2D eigenvalue weighted by Crippen LogP contribution is -2.47. The van der Waals surface area contributed by atoms with E-state index in [9.17, 15) is 4.39 Å². The van der Waals surface area contributed by atoms with Crippen LogP contribution < -0.4 is 4.74 Å². The number of rotatable bonds is 7. The van der Waals surface area contributed by atoms with Crippen LogP contribution in [0.25, 0.3) is 10.6 Å². The molecule has 0 amide bonds. The summed E-state index contributed by atoms with van der Waals surface area (Å²) in [6.45, 7) is 7.41. The predicted octanol–water partition coefficient (Wildman–Crippen LogP) is 4.92. The lowest BCUT2D eigenvalue weighted by atomic mass is 9.88. The lowest BCUT2D eigenvalue weighted by molar-refractivity contribution is 0.0457. The molecule has 2 aliphatic heterocycles. The second-order valence-electron chi connectivity index (χ2n) is 9.09. The Labute approximate surface area is 183 Å². The van der Waals surface area contributed by atoms with Gasteiger partial charge in [-0.3, -0.25) is 4.90 Å². The number of ether oxygens (including phenoxy) is 1. The van der Waals surface area contributed by atoms with Crippen molar-refractivity contribution < 1.29 is 9.13 Å². The zero-order chi connectivity index (χ0) is 20.5. The van der Waals surface area contributed by atoms with E-state index in [1.165, 1.54) is 30.0 Å².